The number of aryl methyl sites for hydroxylation is 1. The number of aromatic hydroxyl groups is 1. The van der Waals surface area contributed by atoms with Crippen LogP contribution in [0.15, 0.2) is 72.9 Å². The Morgan fingerprint density at radius 2 is 1.94 bits per heavy atom. The van der Waals surface area contributed by atoms with E-state index in [1.807, 2.05) is 19.1 Å². The molecule has 0 aliphatic heterocycles. The highest BCUT2D eigenvalue weighted by atomic mass is 19.1. The number of halogens is 1. The van der Waals surface area contributed by atoms with E-state index in [-0.39, 0.29) is 36.3 Å². The molecule has 0 aliphatic rings. The zero-order valence-corrected chi connectivity index (χ0v) is 19.5. The second-order valence-corrected chi connectivity index (χ2v) is 8.23. The number of carbonyl (C=O) groups is 1. The fourth-order valence-corrected chi connectivity index (χ4v) is 3.69. The molecule has 0 aliphatic carbocycles. The lowest BCUT2D eigenvalue weighted by atomic mass is 10.1. The Morgan fingerprint density at radius 3 is 2.66 bits per heavy atom. The zero-order valence-electron chi connectivity index (χ0n) is 19.5. The Hall–Kier alpha value is -4.46. The maximum Gasteiger partial charge on any atom is 0.226 e. The van der Waals surface area contributed by atoms with E-state index in [1.54, 1.807) is 60.6 Å². The maximum absolute atomic E-state index is 14.5. The minimum absolute atomic E-state index is 0.0230. The van der Waals surface area contributed by atoms with Gasteiger partial charge >= 0.3 is 0 Å². The second-order valence-electron chi connectivity index (χ2n) is 8.23. The van der Waals surface area contributed by atoms with Crippen LogP contribution in [-0.2, 0) is 17.8 Å². The van der Waals surface area contributed by atoms with E-state index < -0.39 is 0 Å². The molecule has 0 bridgehead atoms. The van der Waals surface area contributed by atoms with E-state index in [4.69, 9.17) is 5.73 Å². The topological polar surface area (TPSA) is 104 Å². The highest BCUT2D eigenvalue weighted by Crippen LogP contribution is 2.35. The molecule has 7 nitrogen and oxygen atoms in total. The number of rotatable bonds is 7. The molecule has 0 unspecified atom stereocenters. The molecule has 1 amide bonds. The molecule has 178 valence electrons. The monoisotopic (exact) mass is 471 g/mol. The molecule has 4 N–H and O–H groups in total. The number of benzene rings is 2. The van der Waals surface area contributed by atoms with Crippen molar-refractivity contribution >= 4 is 23.1 Å². The van der Waals surface area contributed by atoms with Crippen LogP contribution in [0.2, 0.25) is 0 Å². The summed E-state index contributed by atoms with van der Waals surface area (Å²) in [6.45, 7) is 2.05. The van der Waals surface area contributed by atoms with Crippen LogP contribution >= 0.6 is 0 Å². The molecule has 35 heavy (non-hydrogen) atoms. The van der Waals surface area contributed by atoms with Gasteiger partial charge in [-0.15, -0.1) is 0 Å². The Morgan fingerprint density at radius 1 is 1.11 bits per heavy atom. The molecule has 0 spiro atoms. The molecular weight excluding hydrogens is 445 g/mol. The first-order valence-electron chi connectivity index (χ1n) is 11.1. The minimum atomic E-state index is -0.334. The molecule has 4 rings (SSSR count). The van der Waals surface area contributed by atoms with Gasteiger partial charge in [-0.25, -0.2) is 9.37 Å². The summed E-state index contributed by atoms with van der Waals surface area (Å²) in [5, 5.41) is 13.3. The van der Waals surface area contributed by atoms with E-state index >= 15 is 0 Å². The molecular formula is C27H26FN5O2. The number of hydrogen-bond donors (Lipinski definition) is 3. The van der Waals surface area contributed by atoms with Crippen molar-refractivity contribution in [2.45, 2.75) is 19.9 Å². The molecule has 2 heterocycles. The summed E-state index contributed by atoms with van der Waals surface area (Å²) in [5.41, 5.74) is 10.3. The van der Waals surface area contributed by atoms with Crippen molar-refractivity contribution in [2.75, 3.05) is 17.7 Å². The molecule has 2 aromatic carbocycles. The second kappa shape index (κ2) is 10.2. The maximum atomic E-state index is 14.5. The van der Waals surface area contributed by atoms with Crippen molar-refractivity contribution in [2.24, 2.45) is 0 Å². The average molecular weight is 472 g/mol. The number of carbonyl (C=O) groups excluding carboxylic acids is 1. The van der Waals surface area contributed by atoms with Crippen LogP contribution in [0.5, 0.6) is 5.75 Å². The van der Waals surface area contributed by atoms with E-state index in [1.165, 1.54) is 12.1 Å². The van der Waals surface area contributed by atoms with Gasteiger partial charge in [-0.2, -0.15) is 0 Å². The van der Waals surface area contributed by atoms with E-state index in [9.17, 15) is 14.3 Å². The number of phenols is 1. The number of pyridine rings is 2. The smallest absolute Gasteiger partial charge is 0.226 e. The number of nitrogen functional groups attached to an aromatic ring is 1. The first-order chi connectivity index (χ1) is 16.8. The van der Waals surface area contributed by atoms with Crippen LogP contribution in [0, 0.1) is 12.7 Å². The quantitative estimate of drug-likeness (QED) is 0.367. The molecule has 2 aromatic heterocycles. The lowest BCUT2D eigenvalue weighted by molar-refractivity contribution is -0.120. The van der Waals surface area contributed by atoms with Gasteiger partial charge in [0.15, 0.2) is 0 Å². The number of nitrogens with two attached hydrogens (primary N) is 1. The molecule has 0 saturated carbocycles. The van der Waals surface area contributed by atoms with Crippen molar-refractivity contribution in [3.05, 3.63) is 95.6 Å². The number of aromatic nitrogens is 2. The van der Waals surface area contributed by atoms with Crippen LogP contribution in [0.25, 0.3) is 11.3 Å². The van der Waals surface area contributed by atoms with Gasteiger partial charge in [-0.05, 0) is 61.0 Å². The van der Waals surface area contributed by atoms with Crippen molar-refractivity contribution in [1.82, 2.24) is 15.3 Å². The standard InChI is InChI=1S/C27H26FN5O2/c1-17-6-10-24(22(28)13-17)33(2)20-8-11-25(34)21(15-20)23-9-7-18(27(29)32-23)16-31-26(35)14-19-5-3-4-12-30-19/h3-13,15,34H,14,16H2,1-2H3,(H2,29,32)(H,31,35). The number of amides is 1. The van der Waals surface area contributed by atoms with Crippen LogP contribution in [-0.4, -0.2) is 28.0 Å². The van der Waals surface area contributed by atoms with E-state index in [0.29, 0.717) is 33.9 Å². The van der Waals surface area contributed by atoms with Crippen LogP contribution in [0.4, 0.5) is 21.6 Å². The lowest BCUT2D eigenvalue weighted by Gasteiger charge is -2.21. The van der Waals surface area contributed by atoms with Gasteiger partial charge in [0.1, 0.15) is 17.4 Å². The van der Waals surface area contributed by atoms with Gasteiger partial charge in [0.25, 0.3) is 0 Å². The SMILES string of the molecule is Cc1ccc(N(C)c2ccc(O)c(-c3ccc(CNC(=O)Cc4ccccn4)c(N)n3)c2)c(F)c1. The molecule has 0 saturated heterocycles. The summed E-state index contributed by atoms with van der Waals surface area (Å²) in [6, 6.07) is 18.9. The third-order valence-electron chi connectivity index (χ3n) is 5.66. The fraction of sp³-hybridized carbons (Fsp3) is 0.148. The van der Waals surface area contributed by atoms with Crippen molar-refractivity contribution in [1.29, 1.82) is 0 Å². The van der Waals surface area contributed by atoms with Crippen molar-refractivity contribution in [3.63, 3.8) is 0 Å². The van der Waals surface area contributed by atoms with Crippen molar-refractivity contribution < 1.29 is 14.3 Å². The largest absolute Gasteiger partial charge is 0.507 e. The number of phenolic OH excluding ortho intramolecular Hbond substituents is 1. The molecule has 0 radical (unpaired) electrons. The molecule has 0 fully saturated rings. The highest BCUT2D eigenvalue weighted by Gasteiger charge is 2.15. The number of hydrogen-bond acceptors (Lipinski definition) is 6. The highest BCUT2D eigenvalue weighted by molar-refractivity contribution is 5.78. The number of nitrogens with zero attached hydrogens (tertiary/aromatic N) is 3. The third-order valence-corrected chi connectivity index (χ3v) is 5.66. The Labute approximate surface area is 203 Å². The van der Waals surface area contributed by atoms with Gasteiger partial charge in [0.2, 0.25) is 5.91 Å². The van der Waals surface area contributed by atoms with E-state index in [2.05, 4.69) is 15.3 Å². The molecule has 8 heteroatoms. The summed E-state index contributed by atoms with van der Waals surface area (Å²) >= 11 is 0. The van der Waals surface area contributed by atoms with Crippen molar-refractivity contribution in [3.8, 4) is 17.0 Å². The van der Waals surface area contributed by atoms with Gasteiger partial charge in [-0.1, -0.05) is 18.2 Å². The fourth-order valence-electron chi connectivity index (χ4n) is 3.69. The summed E-state index contributed by atoms with van der Waals surface area (Å²) in [6.07, 6.45) is 1.81. The zero-order chi connectivity index (χ0) is 24.9. The molecule has 0 atom stereocenters. The number of nitrogens with one attached hydrogen (secondary N) is 1. The average Bonchev–Trinajstić information content (AvgIpc) is 2.84. The Kier molecular flexibility index (Phi) is 6.91. The Balaban J connectivity index is 1.51. The normalized spacial score (nSPS) is 10.7. The van der Waals surface area contributed by atoms with Crippen LogP contribution in [0.3, 0.4) is 0 Å². The van der Waals surface area contributed by atoms with Gasteiger partial charge < -0.3 is 21.1 Å². The summed E-state index contributed by atoms with van der Waals surface area (Å²) in [5.74, 6) is -0.249. The first-order valence-corrected chi connectivity index (χ1v) is 11.1. The lowest BCUT2D eigenvalue weighted by Crippen LogP contribution is -2.25. The van der Waals surface area contributed by atoms with Crippen LogP contribution < -0.4 is 16.0 Å². The summed E-state index contributed by atoms with van der Waals surface area (Å²) < 4.78 is 14.5. The van der Waals surface area contributed by atoms with Gasteiger partial charge in [-0.3, -0.25) is 9.78 Å². The van der Waals surface area contributed by atoms with Gasteiger partial charge in [0, 0.05) is 42.3 Å². The van der Waals surface area contributed by atoms with Gasteiger partial charge in [0.05, 0.1) is 17.8 Å². The molecule has 4 aromatic rings. The predicted molar refractivity (Wildman–Crippen MR) is 135 cm³/mol. The number of anilines is 3. The summed E-state index contributed by atoms with van der Waals surface area (Å²) in [4.78, 5) is 22.5. The van der Waals surface area contributed by atoms with E-state index in [0.717, 1.165) is 5.56 Å². The Bertz CT molecular complexity index is 1360. The minimum Gasteiger partial charge on any atom is -0.507 e. The summed E-state index contributed by atoms with van der Waals surface area (Å²) in [7, 11) is 1.75. The third kappa shape index (κ3) is 5.55. The first kappa shape index (κ1) is 23.7. The van der Waals surface area contributed by atoms with Crippen LogP contribution in [0.1, 0.15) is 16.8 Å². The predicted octanol–water partition coefficient (Wildman–Crippen LogP) is 4.51.